The van der Waals surface area contributed by atoms with Gasteiger partial charge in [-0.3, -0.25) is 0 Å². The molecule has 0 N–H and O–H groups in total. The number of aryl methyl sites for hydroxylation is 2. The van der Waals surface area contributed by atoms with Crippen molar-refractivity contribution in [2.24, 2.45) is 12.1 Å². The van der Waals surface area contributed by atoms with Crippen LogP contribution in [0.5, 0.6) is 5.88 Å². The average Bonchev–Trinajstić information content (AvgIpc) is 2.46. The predicted molar refractivity (Wildman–Crippen MR) is 83.8 cm³/mol. The highest BCUT2D eigenvalue weighted by atomic mass is 16.5. The molecule has 1 aromatic heterocycles. The van der Waals surface area contributed by atoms with Crippen molar-refractivity contribution < 1.29 is 4.74 Å². The van der Waals surface area contributed by atoms with E-state index in [0.717, 1.165) is 16.9 Å². The van der Waals surface area contributed by atoms with Crippen LogP contribution in [-0.2, 0) is 7.05 Å². The molecule has 1 aromatic carbocycles. The van der Waals surface area contributed by atoms with E-state index in [1.807, 2.05) is 39.2 Å². The van der Waals surface area contributed by atoms with Gasteiger partial charge in [0.15, 0.2) is 0 Å². The molecular formula is C15H20N5O-. The quantitative estimate of drug-likeness (QED) is 0.810. The molecule has 0 aliphatic heterocycles. The fourth-order valence-electron chi connectivity index (χ4n) is 1.83. The lowest BCUT2D eigenvalue weighted by Crippen LogP contribution is -2.19. The largest absolute Gasteiger partial charge is 0.574 e. The second-order valence-corrected chi connectivity index (χ2v) is 4.92. The van der Waals surface area contributed by atoms with Crippen molar-refractivity contribution in [3.8, 4) is 5.88 Å². The van der Waals surface area contributed by atoms with Crippen LogP contribution in [0.1, 0.15) is 5.56 Å². The number of hydrogen-bond donors (Lipinski definition) is 0. The van der Waals surface area contributed by atoms with Gasteiger partial charge in [-0.25, -0.2) is 4.68 Å². The Morgan fingerprint density at radius 2 is 2.00 bits per heavy atom. The predicted octanol–water partition coefficient (Wildman–Crippen LogP) is 2.32. The summed E-state index contributed by atoms with van der Waals surface area (Å²) in [5, 5.41) is 8.44. The Balaban J connectivity index is 2.25. The first-order valence-corrected chi connectivity index (χ1v) is 6.62. The number of nitrogens with zero attached hydrogens (tertiary/aromatic N) is 5. The summed E-state index contributed by atoms with van der Waals surface area (Å²) >= 11 is 0. The van der Waals surface area contributed by atoms with E-state index in [1.54, 1.807) is 24.9 Å². The van der Waals surface area contributed by atoms with Crippen molar-refractivity contribution in [2.75, 3.05) is 26.1 Å². The van der Waals surface area contributed by atoms with Crippen molar-refractivity contribution in [3.05, 3.63) is 46.8 Å². The molecule has 0 atom stereocenters. The molecule has 6 heteroatoms. The van der Waals surface area contributed by atoms with Gasteiger partial charge >= 0.3 is 0 Å². The molecule has 1 heterocycles. The highest BCUT2D eigenvalue weighted by Gasteiger charge is 1.96. The standard InChI is InChI=1S/C15H20N5O/c1-11-10-12(19(2)3)6-7-13(11)16-17-14-8-9-15(21-5)18-20(14)4/h6-10H,1-5H3/q-1. The number of anilines is 1. The summed E-state index contributed by atoms with van der Waals surface area (Å²) in [5.41, 5.74) is 8.02. The zero-order valence-electron chi connectivity index (χ0n) is 13.0. The molecule has 0 unspecified atom stereocenters. The molecular weight excluding hydrogens is 266 g/mol. The Bertz CT molecular complexity index is 691. The molecule has 6 nitrogen and oxygen atoms in total. The van der Waals surface area contributed by atoms with Crippen LogP contribution in [0, 0.1) is 6.92 Å². The van der Waals surface area contributed by atoms with Crippen LogP contribution in [0.25, 0.3) is 5.43 Å². The lowest BCUT2D eigenvalue weighted by molar-refractivity contribution is 0.381. The third-order valence-corrected chi connectivity index (χ3v) is 3.12. The maximum atomic E-state index is 5.06. The Morgan fingerprint density at radius 3 is 2.57 bits per heavy atom. The topological polar surface area (TPSA) is 56.8 Å². The molecule has 21 heavy (non-hydrogen) atoms. The van der Waals surface area contributed by atoms with Gasteiger partial charge in [-0.15, -0.1) is 10.8 Å². The lowest BCUT2D eigenvalue weighted by Gasteiger charge is -2.21. The van der Waals surface area contributed by atoms with Gasteiger partial charge in [0.1, 0.15) is 5.49 Å². The average molecular weight is 286 g/mol. The fourth-order valence-corrected chi connectivity index (χ4v) is 1.83. The van der Waals surface area contributed by atoms with E-state index in [1.165, 1.54) is 0 Å². The molecule has 2 aromatic rings. The Hall–Kier alpha value is -2.50. The highest BCUT2D eigenvalue weighted by molar-refractivity contribution is 5.61. The molecule has 0 aliphatic rings. The van der Waals surface area contributed by atoms with Crippen LogP contribution in [0.15, 0.2) is 35.4 Å². The van der Waals surface area contributed by atoms with Crippen LogP contribution < -0.4 is 15.1 Å². The van der Waals surface area contributed by atoms with Gasteiger partial charge < -0.3 is 20.2 Å². The van der Waals surface area contributed by atoms with Gasteiger partial charge in [0.2, 0.25) is 5.88 Å². The Labute approximate surface area is 124 Å². The Morgan fingerprint density at radius 1 is 1.24 bits per heavy atom. The van der Waals surface area contributed by atoms with E-state index in [4.69, 9.17) is 4.74 Å². The summed E-state index contributed by atoms with van der Waals surface area (Å²) in [6, 6.07) is 9.65. The maximum absolute atomic E-state index is 5.06. The van der Waals surface area contributed by atoms with Crippen LogP contribution >= 0.6 is 0 Å². The van der Waals surface area contributed by atoms with Gasteiger partial charge in [0, 0.05) is 32.9 Å². The second-order valence-electron chi connectivity index (χ2n) is 4.92. The van der Waals surface area contributed by atoms with Gasteiger partial charge in [-0.2, -0.15) is 0 Å². The number of methoxy groups -OCH3 is 1. The smallest absolute Gasteiger partial charge is 0.231 e. The molecule has 0 bridgehead atoms. The van der Waals surface area contributed by atoms with E-state index < -0.39 is 0 Å². The molecule has 112 valence electrons. The van der Waals surface area contributed by atoms with Crippen LogP contribution in [0.4, 0.5) is 11.4 Å². The molecule has 0 spiro atoms. The van der Waals surface area contributed by atoms with Crippen molar-refractivity contribution in [2.45, 2.75) is 6.92 Å². The van der Waals surface area contributed by atoms with Crippen molar-refractivity contribution in [1.29, 1.82) is 0 Å². The van der Waals surface area contributed by atoms with Gasteiger partial charge in [-0.05, 0) is 25.1 Å². The third kappa shape index (κ3) is 3.53. The van der Waals surface area contributed by atoms with Crippen molar-refractivity contribution in [1.82, 2.24) is 9.78 Å². The normalized spacial score (nSPS) is 11.4. The lowest BCUT2D eigenvalue weighted by atomic mass is 10.2. The summed E-state index contributed by atoms with van der Waals surface area (Å²) in [6.45, 7) is 2.02. The number of hydrogen-bond acceptors (Lipinski definition) is 4. The van der Waals surface area contributed by atoms with E-state index in [9.17, 15) is 0 Å². The zero-order chi connectivity index (χ0) is 15.4. The van der Waals surface area contributed by atoms with Gasteiger partial charge in [0.05, 0.1) is 7.11 Å². The Kier molecular flexibility index (Phi) is 4.47. The molecule has 2 rings (SSSR count). The minimum Gasteiger partial charge on any atom is -0.574 e. The van der Waals surface area contributed by atoms with E-state index in [-0.39, 0.29) is 0 Å². The van der Waals surface area contributed by atoms with Crippen LogP contribution in [0.3, 0.4) is 0 Å². The minimum atomic E-state index is 0.544. The van der Waals surface area contributed by atoms with Crippen molar-refractivity contribution in [3.63, 3.8) is 0 Å². The number of rotatable bonds is 4. The SMILES string of the molecule is COc1ccc(=N[N-]c2ccc(N(C)C)cc2C)n(C)n1. The summed E-state index contributed by atoms with van der Waals surface area (Å²) in [6.07, 6.45) is 0. The monoisotopic (exact) mass is 286 g/mol. The molecule has 0 saturated heterocycles. The number of ether oxygens (including phenoxy) is 1. The summed E-state index contributed by atoms with van der Waals surface area (Å²) < 4.78 is 6.69. The first-order chi connectivity index (χ1) is 10.0. The summed E-state index contributed by atoms with van der Waals surface area (Å²) in [7, 11) is 7.41. The third-order valence-electron chi connectivity index (χ3n) is 3.12. The first kappa shape index (κ1) is 14.9. The van der Waals surface area contributed by atoms with Crippen molar-refractivity contribution >= 4 is 11.4 Å². The molecule has 0 amide bonds. The number of benzene rings is 1. The molecule has 0 radical (unpaired) electrons. The first-order valence-electron chi connectivity index (χ1n) is 6.62. The van der Waals surface area contributed by atoms with E-state index in [2.05, 4.69) is 26.6 Å². The number of aromatic nitrogens is 2. The van der Waals surface area contributed by atoms with Crippen LogP contribution in [0.2, 0.25) is 0 Å². The molecule has 0 fully saturated rings. The van der Waals surface area contributed by atoms with E-state index >= 15 is 0 Å². The molecule has 0 saturated carbocycles. The minimum absolute atomic E-state index is 0.544. The zero-order valence-corrected chi connectivity index (χ0v) is 13.0. The molecule has 0 aliphatic carbocycles. The van der Waals surface area contributed by atoms with Crippen LogP contribution in [-0.4, -0.2) is 31.0 Å². The fraction of sp³-hybridized carbons (Fsp3) is 0.333. The highest BCUT2D eigenvalue weighted by Crippen LogP contribution is 2.27. The summed E-state index contributed by atoms with van der Waals surface area (Å²) in [4.78, 5) is 2.06. The second kappa shape index (κ2) is 6.30. The van der Waals surface area contributed by atoms with Gasteiger partial charge in [-0.1, -0.05) is 11.6 Å². The van der Waals surface area contributed by atoms with Gasteiger partial charge in [0.25, 0.3) is 0 Å². The van der Waals surface area contributed by atoms with E-state index in [0.29, 0.717) is 11.4 Å². The summed E-state index contributed by atoms with van der Waals surface area (Å²) in [5.74, 6) is 0.544. The maximum Gasteiger partial charge on any atom is 0.231 e.